The van der Waals surface area contributed by atoms with Crippen molar-refractivity contribution >= 4 is 5.69 Å². The van der Waals surface area contributed by atoms with Crippen LogP contribution in [0.5, 0.6) is 0 Å². The summed E-state index contributed by atoms with van der Waals surface area (Å²) in [5.74, 6) is 0.729. The van der Waals surface area contributed by atoms with Crippen molar-refractivity contribution in [3.8, 4) is 0 Å². The van der Waals surface area contributed by atoms with Crippen LogP contribution in [0.1, 0.15) is 24.8 Å². The molecule has 1 saturated carbocycles. The average Bonchev–Trinajstić information content (AvgIpc) is 2.91. The predicted octanol–water partition coefficient (Wildman–Crippen LogP) is 2.53. The van der Waals surface area contributed by atoms with Crippen LogP contribution in [0, 0.1) is 11.7 Å². The van der Waals surface area contributed by atoms with Gasteiger partial charge in [-0.2, -0.15) is 0 Å². The van der Waals surface area contributed by atoms with Gasteiger partial charge in [0.1, 0.15) is 5.82 Å². The lowest BCUT2D eigenvalue weighted by molar-refractivity contribution is 0.538. The Balaban J connectivity index is 1.96. The van der Waals surface area contributed by atoms with Crippen LogP contribution >= 0.6 is 0 Å². The zero-order valence-corrected chi connectivity index (χ0v) is 10.2. The van der Waals surface area contributed by atoms with Crippen molar-refractivity contribution in [3.63, 3.8) is 0 Å². The molecule has 3 rings (SSSR count). The van der Waals surface area contributed by atoms with Gasteiger partial charge in [-0.25, -0.2) is 4.39 Å². The van der Waals surface area contributed by atoms with Crippen LogP contribution in [0.15, 0.2) is 18.2 Å². The van der Waals surface area contributed by atoms with Gasteiger partial charge >= 0.3 is 0 Å². The number of hydrogen-bond donors (Lipinski definition) is 1. The first-order valence-corrected chi connectivity index (χ1v) is 6.48. The first kappa shape index (κ1) is 11.0. The van der Waals surface area contributed by atoms with E-state index < -0.39 is 0 Å². The summed E-state index contributed by atoms with van der Waals surface area (Å²) in [5, 5.41) is 3.13. The van der Waals surface area contributed by atoms with Crippen molar-refractivity contribution in [2.24, 2.45) is 5.92 Å². The highest BCUT2D eigenvalue weighted by Crippen LogP contribution is 2.42. The Morgan fingerprint density at radius 1 is 1.41 bits per heavy atom. The van der Waals surface area contributed by atoms with Gasteiger partial charge in [0.25, 0.3) is 0 Å². The van der Waals surface area contributed by atoms with Gasteiger partial charge in [-0.15, -0.1) is 0 Å². The smallest absolute Gasteiger partial charge is 0.146 e. The highest BCUT2D eigenvalue weighted by molar-refractivity contribution is 5.57. The zero-order valence-electron chi connectivity index (χ0n) is 10.2. The number of para-hydroxylation sites is 1. The van der Waals surface area contributed by atoms with Crippen LogP contribution in [-0.4, -0.2) is 19.6 Å². The zero-order chi connectivity index (χ0) is 11.8. The third-order valence-corrected chi connectivity index (χ3v) is 4.13. The molecule has 0 amide bonds. The summed E-state index contributed by atoms with van der Waals surface area (Å²) in [5.41, 5.74) is 1.93. The first-order valence-electron chi connectivity index (χ1n) is 6.48. The lowest BCUT2D eigenvalue weighted by atomic mass is 10.1. The molecule has 2 bridgehead atoms. The lowest BCUT2D eigenvalue weighted by Crippen LogP contribution is -2.33. The highest BCUT2D eigenvalue weighted by Gasteiger charge is 2.39. The van der Waals surface area contributed by atoms with Crippen LogP contribution in [0.3, 0.4) is 0 Å². The van der Waals surface area contributed by atoms with E-state index in [4.69, 9.17) is 0 Å². The number of hydrogen-bond acceptors (Lipinski definition) is 2. The molecular formula is C14H19FN2. The van der Waals surface area contributed by atoms with Crippen molar-refractivity contribution in [1.82, 2.24) is 5.32 Å². The van der Waals surface area contributed by atoms with E-state index >= 15 is 0 Å². The van der Waals surface area contributed by atoms with Crippen LogP contribution in [0.2, 0.25) is 0 Å². The fourth-order valence-electron chi connectivity index (χ4n) is 3.41. The Bertz CT molecular complexity index is 419. The van der Waals surface area contributed by atoms with Crippen LogP contribution in [-0.2, 0) is 6.54 Å². The number of fused-ring (bicyclic) bond motifs is 2. The number of nitrogens with one attached hydrogen (secondary N) is 1. The number of anilines is 1. The van der Waals surface area contributed by atoms with Crippen LogP contribution < -0.4 is 10.2 Å². The Kier molecular flexibility index (Phi) is 2.79. The Hall–Kier alpha value is -1.09. The molecule has 2 atom stereocenters. The van der Waals surface area contributed by atoms with Crippen molar-refractivity contribution in [2.75, 3.05) is 18.5 Å². The summed E-state index contributed by atoms with van der Waals surface area (Å²) in [6.07, 6.45) is 3.82. The molecule has 2 nitrogen and oxygen atoms in total. The third kappa shape index (κ3) is 1.82. The van der Waals surface area contributed by atoms with E-state index in [1.54, 1.807) is 12.1 Å². The molecule has 2 aliphatic rings. The Labute approximate surface area is 102 Å². The summed E-state index contributed by atoms with van der Waals surface area (Å²) < 4.78 is 14.1. The van der Waals surface area contributed by atoms with Crippen LogP contribution in [0.25, 0.3) is 0 Å². The van der Waals surface area contributed by atoms with Gasteiger partial charge in [0.15, 0.2) is 0 Å². The summed E-state index contributed by atoms with van der Waals surface area (Å²) in [6, 6.07) is 5.99. The second kappa shape index (κ2) is 4.30. The largest absolute Gasteiger partial charge is 0.366 e. The fourth-order valence-corrected chi connectivity index (χ4v) is 3.41. The van der Waals surface area contributed by atoms with E-state index in [0.29, 0.717) is 6.04 Å². The first-order chi connectivity index (χ1) is 8.29. The molecule has 1 aromatic rings. The molecule has 1 saturated heterocycles. The second-order valence-corrected chi connectivity index (χ2v) is 5.26. The molecule has 2 unspecified atom stereocenters. The highest BCUT2D eigenvalue weighted by atomic mass is 19.1. The minimum absolute atomic E-state index is 0.0645. The molecule has 1 aliphatic carbocycles. The van der Waals surface area contributed by atoms with E-state index in [1.807, 2.05) is 13.1 Å². The van der Waals surface area contributed by atoms with Crippen molar-refractivity contribution < 1.29 is 4.39 Å². The Morgan fingerprint density at radius 2 is 2.29 bits per heavy atom. The van der Waals surface area contributed by atoms with Gasteiger partial charge in [0.2, 0.25) is 0 Å². The molecule has 0 radical (unpaired) electrons. The van der Waals surface area contributed by atoms with E-state index in [1.165, 1.54) is 19.3 Å². The second-order valence-electron chi connectivity index (χ2n) is 5.26. The summed E-state index contributed by atoms with van der Waals surface area (Å²) in [7, 11) is 1.91. The van der Waals surface area contributed by atoms with E-state index in [2.05, 4.69) is 10.2 Å². The molecule has 0 aromatic heterocycles. The summed E-state index contributed by atoms with van der Waals surface area (Å²) in [6.45, 7) is 1.78. The number of benzene rings is 1. The molecule has 3 heteroatoms. The van der Waals surface area contributed by atoms with Gasteiger partial charge < -0.3 is 10.2 Å². The van der Waals surface area contributed by atoms with E-state index in [-0.39, 0.29) is 5.82 Å². The minimum atomic E-state index is -0.0645. The maximum absolute atomic E-state index is 14.1. The van der Waals surface area contributed by atoms with Gasteiger partial charge in [-0.3, -0.25) is 0 Å². The summed E-state index contributed by atoms with van der Waals surface area (Å²) >= 11 is 0. The van der Waals surface area contributed by atoms with Crippen molar-refractivity contribution in [1.29, 1.82) is 0 Å². The van der Waals surface area contributed by atoms with Gasteiger partial charge in [-0.1, -0.05) is 12.1 Å². The fraction of sp³-hybridized carbons (Fsp3) is 0.571. The normalized spacial score (nSPS) is 26.8. The Morgan fingerprint density at radius 3 is 2.94 bits per heavy atom. The molecule has 1 aliphatic heterocycles. The number of nitrogens with zero attached hydrogens (tertiary/aromatic N) is 1. The standard InChI is InChI=1S/C14H19FN2/c1-16-8-11-3-2-4-13(15)14(11)17-9-10-5-6-12(17)7-10/h2-4,10,12,16H,5-9H2,1H3. The van der Waals surface area contributed by atoms with E-state index in [9.17, 15) is 4.39 Å². The average molecular weight is 234 g/mol. The van der Waals surface area contributed by atoms with Gasteiger partial charge in [0.05, 0.1) is 5.69 Å². The number of piperidine rings is 1. The minimum Gasteiger partial charge on any atom is -0.366 e. The summed E-state index contributed by atoms with van der Waals surface area (Å²) in [4.78, 5) is 2.30. The SMILES string of the molecule is CNCc1cccc(F)c1N1CC2CCC1C2. The molecule has 2 fully saturated rings. The molecule has 1 N–H and O–H groups in total. The van der Waals surface area contributed by atoms with E-state index in [0.717, 1.165) is 30.3 Å². The van der Waals surface area contributed by atoms with Crippen molar-refractivity contribution in [2.45, 2.75) is 31.8 Å². The number of rotatable bonds is 3. The topological polar surface area (TPSA) is 15.3 Å². The molecule has 1 heterocycles. The third-order valence-electron chi connectivity index (χ3n) is 4.13. The van der Waals surface area contributed by atoms with Gasteiger partial charge in [-0.05, 0) is 43.9 Å². The van der Waals surface area contributed by atoms with Gasteiger partial charge in [0, 0.05) is 19.1 Å². The quantitative estimate of drug-likeness (QED) is 0.864. The van der Waals surface area contributed by atoms with Crippen LogP contribution in [0.4, 0.5) is 10.1 Å². The maximum Gasteiger partial charge on any atom is 0.146 e. The van der Waals surface area contributed by atoms with Crippen molar-refractivity contribution in [3.05, 3.63) is 29.6 Å². The molecule has 17 heavy (non-hydrogen) atoms. The monoisotopic (exact) mass is 234 g/mol. The molecule has 0 spiro atoms. The molecular weight excluding hydrogens is 215 g/mol. The molecule has 1 aromatic carbocycles. The molecule has 92 valence electrons. The lowest BCUT2D eigenvalue weighted by Gasteiger charge is -2.31. The predicted molar refractivity (Wildman–Crippen MR) is 67.6 cm³/mol. The maximum atomic E-state index is 14.1. The number of halogens is 1.